The molecule has 112 valence electrons. The summed E-state index contributed by atoms with van der Waals surface area (Å²) in [4.78, 5) is 18.6. The van der Waals surface area contributed by atoms with Crippen LogP contribution in [0.5, 0.6) is 0 Å². The first-order valence-corrected chi connectivity index (χ1v) is 7.61. The van der Waals surface area contributed by atoms with Crippen LogP contribution >= 0.6 is 0 Å². The lowest BCUT2D eigenvalue weighted by atomic mass is 9.89. The number of nitrogens with zero attached hydrogens (tertiary/aromatic N) is 2. The van der Waals surface area contributed by atoms with Crippen LogP contribution in [0.15, 0.2) is 18.3 Å². The minimum Gasteiger partial charge on any atom is -0.340 e. The maximum absolute atomic E-state index is 12.6. The van der Waals surface area contributed by atoms with Crippen LogP contribution in [0.1, 0.15) is 48.2 Å². The molecule has 1 aromatic heterocycles. The maximum Gasteiger partial charge on any atom is 0.273 e. The molecule has 0 atom stereocenters. The smallest absolute Gasteiger partial charge is 0.273 e. The van der Waals surface area contributed by atoms with E-state index < -0.39 is 0 Å². The lowest BCUT2D eigenvalue weighted by molar-refractivity contribution is 0.0754. The van der Waals surface area contributed by atoms with E-state index in [1.54, 1.807) is 17.2 Å². The van der Waals surface area contributed by atoms with Crippen LogP contribution in [0.4, 0.5) is 0 Å². The van der Waals surface area contributed by atoms with Crippen molar-refractivity contribution in [2.75, 3.05) is 20.1 Å². The van der Waals surface area contributed by atoms with E-state index in [9.17, 15) is 4.79 Å². The summed E-state index contributed by atoms with van der Waals surface area (Å²) in [6.07, 6.45) is 7.97. The molecule has 1 aromatic rings. The molecule has 1 saturated carbocycles. The van der Waals surface area contributed by atoms with Crippen molar-refractivity contribution in [3.8, 4) is 11.8 Å². The molecule has 21 heavy (non-hydrogen) atoms. The second kappa shape index (κ2) is 7.80. The fourth-order valence-electron chi connectivity index (χ4n) is 2.84. The first-order chi connectivity index (χ1) is 10.2. The Morgan fingerprint density at radius 1 is 1.43 bits per heavy atom. The van der Waals surface area contributed by atoms with Crippen LogP contribution in [0.2, 0.25) is 0 Å². The van der Waals surface area contributed by atoms with Gasteiger partial charge in [0, 0.05) is 19.8 Å². The van der Waals surface area contributed by atoms with Crippen LogP contribution in [-0.4, -0.2) is 35.9 Å². The second-order valence-corrected chi connectivity index (χ2v) is 5.60. The third kappa shape index (κ3) is 4.30. The molecule has 4 heteroatoms. The summed E-state index contributed by atoms with van der Waals surface area (Å²) in [5.74, 6) is 6.28. The number of hydrogen-bond donors (Lipinski definition) is 1. The first kappa shape index (κ1) is 15.5. The largest absolute Gasteiger partial charge is 0.340 e. The molecule has 1 aliphatic rings. The van der Waals surface area contributed by atoms with E-state index >= 15 is 0 Å². The summed E-state index contributed by atoms with van der Waals surface area (Å²) in [5.41, 5.74) is 6.48. The fraction of sp³-hybridized carbons (Fsp3) is 0.529. The van der Waals surface area contributed by atoms with Crippen LogP contribution in [0.25, 0.3) is 0 Å². The maximum atomic E-state index is 12.6. The number of amides is 1. The zero-order valence-electron chi connectivity index (χ0n) is 12.6. The topological polar surface area (TPSA) is 59.2 Å². The van der Waals surface area contributed by atoms with E-state index in [2.05, 4.69) is 16.8 Å². The highest BCUT2D eigenvalue weighted by molar-refractivity contribution is 5.94. The Morgan fingerprint density at radius 2 is 2.19 bits per heavy atom. The molecule has 1 heterocycles. The Hall–Kier alpha value is -1.86. The van der Waals surface area contributed by atoms with Crippen molar-refractivity contribution < 1.29 is 4.79 Å². The van der Waals surface area contributed by atoms with E-state index in [0.717, 1.165) is 6.54 Å². The monoisotopic (exact) mass is 285 g/mol. The van der Waals surface area contributed by atoms with Gasteiger partial charge in [0.1, 0.15) is 5.69 Å². The average molecular weight is 285 g/mol. The predicted octanol–water partition coefficient (Wildman–Crippen LogP) is 2.04. The third-order valence-electron chi connectivity index (χ3n) is 3.94. The summed E-state index contributed by atoms with van der Waals surface area (Å²) < 4.78 is 0. The van der Waals surface area contributed by atoms with E-state index in [0.29, 0.717) is 17.2 Å². The number of nitrogens with two attached hydrogens (primary N) is 1. The number of carbonyl (C=O) groups is 1. The second-order valence-electron chi connectivity index (χ2n) is 5.60. The highest BCUT2D eigenvalue weighted by atomic mass is 16.2. The summed E-state index contributed by atoms with van der Waals surface area (Å²) in [6.45, 7) is 1.08. The van der Waals surface area contributed by atoms with Gasteiger partial charge >= 0.3 is 0 Å². The van der Waals surface area contributed by atoms with Gasteiger partial charge in [-0.15, -0.1) is 0 Å². The molecule has 0 spiro atoms. The molecule has 1 aliphatic carbocycles. The Labute approximate surface area is 126 Å². The van der Waals surface area contributed by atoms with Gasteiger partial charge in [-0.1, -0.05) is 31.1 Å². The minimum atomic E-state index is -0.0532. The molecule has 0 unspecified atom stereocenters. The van der Waals surface area contributed by atoms with E-state index in [-0.39, 0.29) is 12.5 Å². The highest BCUT2D eigenvalue weighted by Gasteiger charge is 2.21. The molecular weight excluding hydrogens is 262 g/mol. The van der Waals surface area contributed by atoms with Crippen molar-refractivity contribution in [1.29, 1.82) is 0 Å². The first-order valence-electron chi connectivity index (χ1n) is 7.61. The van der Waals surface area contributed by atoms with Crippen molar-refractivity contribution in [2.24, 2.45) is 11.7 Å². The van der Waals surface area contributed by atoms with Gasteiger partial charge in [0.15, 0.2) is 0 Å². The van der Waals surface area contributed by atoms with Crippen LogP contribution in [-0.2, 0) is 0 Å². The zero-order valence-corrected chi connectivity index (χ0v) is 12.6. The molecule has 0 saturated heterocycles. The van der Waals surface area contributed by atoms with Gasteiger partial charge in [-0.2, -0.15) is 0 Å². The molecule has 0 aliphatic heterocycles. The van der Waals surface area contributed by atoms with Crippen molar-refractivity contribution in [1.82, 2.24) is 9.88 Å². The summed E-state index contributed by atoms with van der Waals surface area (Å²) in [6, 6.07) is 3.61. The highest BCUT2D eigenvalue weighted by Crippen LogP contribution is 2.24. The third-order valence-corrected chi connectivity index (χ3v) is 3.94. The Balaban J connectivity index is 2.08. The number of rotatable bonds is 3. The van der Waals surface area contributed by atoms with E-state index in [1.165, 1.54) is 32.1 Å². The molecule has 0 bridgehead atoms. The average Bonchev–Trinajstić information content (AvgIpc) is 2.53. The van der Waals surface area contributed by atoms with E-state index in [4.69, 9.17) is 5.73 Å². The van der Waals surface area contributed by atoms with Gasteiger partial charge in [0.2, 0.25) is 0 Å². The molecule has 1 fully saturated rings. The van der Waals surface area contributed by atoms with Gasteiger partial charge in [-0.3, -0.25) is 4.79 Å². The van der Waals surface area contributed by atoms with Crippen molar-refractivity contribution in [3.63, 3.8) is 0 Å². The zero-order chi connectivity index (χ0) is 15.1. The SMILES string of the molecule is CN(CC1CCCCC1)C(=O)c1ncccc1C#CCN. The van der Waals surface area contributed by atoms with Gasteiger partial charge in [-0.25, -0.2) is 4.98 Å². The summed E-state index contributed by atoms with van der Waals surface area (Å²) >= 11 is 0. The fourth-order valence-corrected chi connectivity index (χ4v) is 2.84. The summed E-state index contributed by atoms with van der Waals surface area (Å²) in [5, 5.41) is 0. The van der Waals surface area contributed by atoms with Gasteiger partial charge in [0.25, 0.3) is 5.91 Å². The molecule has 0 aromatic carbocycles. The number of hydrogen-bond acceptors (Lipinski definition) is 3. The molecule has 0 radical (unpaired) electrons. The van der Waals surface area contributed by atoms with Gasteiger partial charge < -0.3 is 10.6 Å². The van der Waals surface area contributed by atoms with Crippen LogP contribution in [0, 0.1) is 17.8 Å². The normalized spacial score (nSPS) is 15.1. The standard InChI is InChI=1S/C17H23N3O/c1-20(13-14-7-3-2-4-8-14)17(21)16-15(9-5-11-18)10-6-12-19-16/h6,10,12,14H,2-4,7-8,11,13,18H2,1H3. The molecular formula is C17H23N3O. The van der Waals surface area contributed by atoms with Crippen LogP contribution in [0.3, 0.4) is 0 Å². The van der Waals surface area contributed by atoms with Crippen molar-refractivity contribution in [2.45, 2.75) is 32.1 Å². The predicted molar refractivity (Wildman–Crippen MR) is 83.7 cm³/mol. The van der Waals surface area contributed by atoms with Gasteiger partial charge in [-0.05, 0) is 30.9 Å². The quantitative estimate of drug-likeness (QED) is 0.865. The van der Waals surface area contributed by atoms with Crippen LogP contribution < -0.4 is 5.73 Å². The Bertz CT molecular complexity index is 538. The molecule has 2 rings (SSSR count). The summed E-state index contributed by atoms with van der Waals surface area (Å²) in [7, 11) is 1.85. The van der Waals surface area contributed by atoms with Crippen molar-refractivity contribution in [3.05, 3.63) is 29.6 Å². The van der Waals surface area contributed by atoms with Gasteiger partial charge in [0.05, 0.1) is 12.1 Å². The molecule has 2 N–H and O–H groups in total. The lowest BCUT2D eigenvalue weighted by Crippen LogP contribution is -2.33. The number of carbonyl (C=O) groups excluding carboxylic acids is 1. The lowest BCUT2D eigenvalue weighted by Gasteiger charge is -2.27. The molecule has 1 amide bonds. The molecule has 4 nitrogen and oxygen atoms in total. The minimum absolute atomic E-state index is 0.0532. The van der Waals surface area contributed by atoms with E-state index in [1.807, 2.05) is 13.1 Å². The van der Waals surface area contributed by atoms with Crippen molar-refractivity contribution >= 4 is 5.91 Å². The Morgan fingerprint density at radius 3 is 2.90 bits per heavy atom. The Kier molecular flexibility index (Phi) is 5.77. The number of aromatic nitrogens is 1. The number of pyridine rings is 1.